The lowest BCUT2D eigenvalue weighted by Gasteiger charge is -2.32. The van der Waals surface area contributed by atoms with Crippen LogP contribution in [0.5, 0.6) is 0 Å². The maximum Gasteiger partial charge on any atom is 0.309 e. The average molecular weight is 443 g/mol. The molecule has 1 aliphatic rings. The van der Waals surface area contributed by atoms with Crippen LogP contribution in [0.4, 0.5) is 5.69 Å². The van der Waals surface area contributed by atoms with E-state index in [9.17, 15) is 24.5 Å². The first kappa shape index (κ1) is 22.9. The number of amides is 2. The molecule has 0 aliphatic carbocycles. The Morgan fingerprint density at radius 1 is 1.28 bits per heavy atom. The van der Waals surface area contributed by atoms with Gasteiger partial charge in [-0.3, -0.25) is 24.5 Å². The minimum Gasteiger partial charge on any atom is -0.466 e. The van der Waals surface area contributed by atoms with Crippen molar-refractivity contribution in [3.05, 3.63) is 52.6 Å². The first-order valence-corrected chi connectivity index (χ1v) is 10.3. The van der Waals surface area contributed by atoms with Crippen LogP contribution in [0.15, 0.2) is 36.9 Å². The van der Waals surface area contributed by atoms with Crippen LogP contribution >= 0.6 is 0 Å². The van der Waals surface area contributed by atoms with E-state index >= 15 is 0 Å². The number of carbonyl (C=O) groups excluding carboxylic acids is 3. The van der Waals surface area contributed by atoms with Gasteiger partial charge < -0.3 is 19.1 Å². The Morgan fingerprint density at radius 2 is 2.00 bits per heavy atom. The number of rotatable bonds is 7. The summed E-state index contributed by atoms with van der Waals surface area (Å²) >= 11 is 0. The minimum atomic E-state index is -0.565. The Hall–Kier alpha value is -3.76. The van der Waals surface area contributed by atoms with Gasteiger partial charge in [-0.05, 0) is 31.9 Å². The second-order valence-electron chi connectivity index (χ2n) is 7.50. The summed E-state index contributed by atoms with van der Waals surface area (Å²) in [7, 11) is 1.47. The number of benzene rings is 1. The summed E-state index contributed by atoms with van der Waals surface area (Å²) in [5.74, 6) is -1.20. The van der Waals surface area contributed by atoms with E-state index in [4.69, 9.17) is 4.74 Å². The van der Waals surface area contributed by atoms with Crippen molar-refractivity contribution < 1.29 is 24.0 Å². The molecular weight excluding hydrogens is 418 g/mol. The fourth-order valence-electron chi connectivity index (χ4n) is 3.64. The van der Waals surface area contributed by atoms with Crippen molar-refractivity contribution in [3.63, 3.8) is 0 Å². The van der Waals surface area contributed by atoms with Crippen molar-refractivity contribution in [2.24, 2.45) is 5.92 Å². The standard InChI is InChI=1S/C21H25N5O6/c1-3-32-21(29)15-6-9-24(10-7-15)19(27)13-23(2)20(28)16-4-5-17(18(12-16)26(30)31)25-11-8-22-14-25/h4-5,8,11-12,14-15H,3,6-7,9-10,13H2,1-2H3. The number of likely N-dealkylation sites (tertiary alicyclic amines) is 1. The van der Waals surface area contributed by atoms with Crippen molar-refractivity contribution in [2.75, 3.05) is 33.3 Å². The van der Waals surface area contributed by atoms with Gasteiger partial charge in [0.05, 0.1) is 30.3 Å². The Morgan fingerprint density at radius 3 is 2.59 bits per heavy atom. The summed E-state index contributed by atoms with van der Waals surface area (Å²) in [6, 6.07) is 4.16. The van der Waals surface area contributed by atoms with Gasteiger partial charge in [0.25, 0.3) is 11.6 Å². The maximum absolute atomic E-state index is 12.8. The fourth-order valence-corrected chi connectivity index (χ4v) is 3.64. The number of nitro benzene ring substituents is 1. The number of ether oxygens (including phenoxy) is 1. The van der Waals surface area contributed by atoms with Crippen molar-refractivity contribution >= 4 is 23.5 Å². The number of hydrogen-bond acceptors (Lipinski definition) is 7. The molecule has 0 spiro atoms. The van der Waals surface area contributed by atoms with Gasteiger partial charge >= 0.3 is 5.97 Å². The van der Waals surface area contributed by atoms with Gasteiger partial charge in [-0.1, -0.05) is 0 Å². The lowest BCUT2D eigenvalue weighted by Crippen LogP contribution is -2.45. The normalized spacial score (nSPS) is 14.1. The molecule has 1 aromatic heterocycles. The molecule has 11 heteroatoms. The summed E-state index contributed by atoms with van der Waals surface area (Å²) in [4.78, 5) is 55.0. The maximum atomic E-state index is 12.8. The molecule has 3 rings (SSSR count). The van der Waals surface area contributed by atoms with Crippen molar-refractivity contribution in [2.45, 2.75) is 19.8 Å². The molecule has 2 aromatic rings. The fraction of sp³-hybridized carbons (Fsp3) is 0.429. The number of likely N-dealkylation sites (N-methyl/N-ethyl adjacent to an activating group) is 1. The second kappa shape index (κ2) is 10.0. The predicted molar refractivity (Wildman–Crippen MR) is 113 cm³/mol. The largest absolute Gasteiger partial charge is 0.466 e. The zero-order chi connectivity index (χ0) is 23.3. The highest BCUT2D eigenvalue weighted by molar-refractivity contribution is 5.97. The number of carbonyl (C=O) groups is 3. The van der Waals surface area contributed by atoms with E-state index in [-0.39, 0.29) is 41.3 Å². The Kier molecular flexibility index (Phi) is 7.18. The summed E-state index contributed by atoms with van der Waals surface area (Å²) in [5, 5.41) is 11.5. The lowest BCUT2D eigenvalue weighted by molar-refractivity contribution is -0.384. The molecule has 2 amide bonds. The van der Waals surface area contributed by atoms with Crippen LogP contribution in [0, 0.1) is 16.0 Å². The number of nitro groups is 1. The van der Waals surface area contributed by atoms with Crippen LogP contribution in [0.25, 0.3) is 5.69 Å². The highest BCUT2D eigenvalue weighted by Crippen LogP contribution is 2.25. The third kappa shape index (κ3) is 5.10. The summed E-state index contributed by atoms with van der Waals surface area (Å²) in [5.41, 5.74) is 0.152. The SMILES string of the molecule is CCOC(=O)C1CCN(C(=O)CN(C)C(=O)c2ccc(-n3ccnc3)c([N+](=O)[O-])c2)CC1. The number of hydrogen-bond donors (Lipinski definition) is 0. The predicted octanol–water partition coefficient (Wildman–Crippen LogP) is 1.65. The first-order chi connectivity index (χ1) is 15.3. The van der Waals surface area contributed by atoms with E-state index in [0.29, 0.717) is 32.5 Å². The van der Waals surface area contributed by atoms with Gasteiger partial charge in [0.1, 0.15) is 5.69 Å². The van der Waals surface area contributed by atoms with Crippen LogP contribution in [-0.4, -0.2) is 75.3 Å². The molecule has 1 saturated heterocycles. The molecule has 0 radical (unpaired) electrons. The molecule has 0 saturated carbocycles. The number of imidazole rings is 1. The molecule has 1 aromatic carbocycles. The highest BCUT2D eigenvalue weighted by Gasteiger charge is 2.29. The Labute approximate surface area is 184 Å². The molecule has 1 aliphatic heterocycles. The van der Waals surface area contributed by atoms with Crippen molar-refractivity contribution in [1.29, 1.82) is 0 Å². The number of aromatic nitrogens is 2. The van der Waals surface area contributed by atoms with Gasteiger partial charge in [0.2, 0.25) is 5.91 Å². The van der Waals surface area contributed by atoms with E-state index in [1.54, 1.807) is 18.0 Å². The smallest absolute Gasteiger partial charge is 0.309 e. The topological polar surface area (TPSA) is 128 Å². The average Bonchev–Trinajstić information content (AvgIpc) is 3.33. The lowest BCUT2D eigenvalue weighted by atomic mass is 9.97. The van der Waals surface area contributed by atoms with E-state index < -0.39 is 10.8 Å². The molecule has 32 heavy (non-hydrogen) atoms. The molecule has 0 unspecified atom stereocenters. The van der Waals surface area contributed by atoms with Crippen LogP contribution in [0.1, 0.15) is 30.1 Å². The van der Waals surface area contributed by atoms with Crippen LogP contribution in [0.3, 0.4) is 0 Å². The molecule has 0 atom stereocenters. The molecule has 0 N–H and O–H groups in total. The summed E-state index contributed by atoms with van der Waals surface area (Å²) in [6.07, 6.45) is 5.53. The monoisotopic (exact) mass is 443 g/mol. The number of nitrogens with zero attached hydrogens (tertiary/aromatic N) is 5. The van der Waals surface area contributed by atoms with Gasteiger partial charge in [0.15, 0.2) is 0 Å². The second-order valence-corrected chi connectivity index (χ2v) is 7.50. The van der Waals surface area contributed by atoms with E-state index in [1.165, 1.54) is 47.2 Å². The van der Waals surface area contributed by atoms with Crippen molar-refractivity contribution in [3.8, 4) is 5.69 Å². The van der Waals surface area contributed by atoms with Gasteiger partial charge in [-0.25, -0.2) is 4.98 Å². The Bertz CT molecular complexity index is 998. The zero-order valence-corrected chi connectivity index (χ0v) is 18.0. The van der Waals surface area contributed by atoms with E-state index in [2.05, 4.69) is 4.98 Å². The van der Waals surface area contributed by atoms with Crippen LogP contribution in [-0.2, 0) is 14.3 Å². The van der Waals surface area contributed by atoms with Gasteiger partial charge in [0, 0.05) is 44.2 Å². The molecule has 1 fully saturated rings. The summed E-state index contributed by atoms with van der Waals surface area (Å²) in [6.45, 7) is 2.74. The van der Waals surface area contributed by atoms with Crippen molar-refractivity contribution in [1.82, 2.24) is 19.4 Å². The highest BCUT2D eigenvalue weighted by atomic mass is 16.6. The molecule has 170 valence electrons. The molecule has 2 heterocycles. The first-order valence-electron chi connectivity index (χ1n) is 10.3. The third-order valence-electron chi connectivity index (χ3n) is 5.39. The number of piperidine rings is 1. The van der Waals surface area contributed by atoms with Crippen LogP contribution in [0.2, 0.25) is 0 Å². The third-order valence-corrected chi connectivity index (χ3v) is 5.39. The van der Waals surface area contributed by atoms with Gasteiger partial charge in [-0.15, -0.1) is 0 Å². The van der Waals surface area contributed by atoms with Gasteiger partial charge in [-0.2, -0.15) is 0 Å². The minimum absolute atomic E-state index is 0.108. The number of esters is 1. The summed E-state index contributed by atoms with van der Waals surface area (Å²) < 4.78 is 6.52. The quantitative estimate of drug-likeness (QED) is 0.362. The molecule has 11 nitrogen and oxygen atoms in total. The Balaban J connectivity index is 1.63. The molecular formula is C21H25N5O6. The van der Waals surface area contributed by atoms with E-state index in [0.717, 1.165) is 0 Å². The van der Waals surface area contributed by atoms with Crippen LogP contribution < -0.4 is 0 Å². The molecule has 0 bridgehead atoms. The zero-order valence-electron chi connectivity index (χ0n) is 18.0. The van der Waals surface area contributed by atoms with E-state index in [1.807, 2.05) is 0 Å².